The van der Waals surface area contributed by atoms with Gasteiger partial charge in [0.05, 0.1) is 0 Å². The fourth-order valence-electron chi connectivity index (χ4n) is 6.12. The van der Waals surface area contributed by atoms with Gasteiger partial charge < -0.3 is 20.1 Å². The summed E-state index contributed by atoms with van der Waals surface area (Å²) in [5.41, 5.74) is 4.72. The molecule has 0 radical (unpaired) electrons. The molecule has 43 heavy (non-hydrogen) atoms. The molecule has 3 aromatic rings. The summed E-state index contributed by atoms with van der Waals surface area (Å²) in [7, 11) is 0. The number of halogens is 3. The normalized spacial score (nSPS) is 15.7. The van der Waals surface area contributed by atoms with Crippen LogP contribution in [0.5, 0.6) is 0 Å². The first-order valence-electron chi connectivity index (χ1n) is 14.4. The highest BCUT2D eigenvalue weighted by Crippen LogP contribution is 2.44. The average molecular weight is 595 g/mol. The van der Waals surface area contributed by atoms with Crippen molar-refractivity contribution >= 4 is 23.7 Å². The smallest absolute Gasteiger partial charge is 0.471 e. The van der Waals surface area contributed by atoms with E-state index in [-0.39, 0.29) is 37.1 Å². The largest absolute Gasteiger partial charge is 0.480 e. The van der Waals surface area contributed by atoms with E-state index >= 15 is 0 Å². The molecule has 1 atom stereocenters. The number of alkyl carbamates (subject to hydrolysis) is 1. The molecule has 0 aliphatic heterocycles. The number of hydrogen-bond acceptors (Lipinski definition) is 4. The number of ether oxygens (including phenoxy) is 1. The van der Waals surface area contributed by atoms with Gasteiger partial charge in [-0.1, -0.05) is 79.9 Å². The number of carboxylic acid groups (broad SMARTS) is 1. The Hall–Kier alpha value is -4.34. The highest BCUT2D eigenvalue weighted by atomic mass is 19.4. The van der Waals surface area contributed by atoms with Gasteiger partial charge in [-0.25, -0.2) is 9.59 Å². The van der Waals surface area contributed by atoms with Crippen LogP contribution in [-0.2, 0) is 20.7 Å². The molecule has 10 heteroatoms. The third kappa shape index (κ3) is 7.01. The SMILES string of the molecule is O=C(N[C@@H](Cc1ccc(N(CC2CCCCC2)C(=O)C(F)(F)F)cc1)C(=O)O)OCC1c2ccccc2-c2ccccc21. The van der Waals surface area contributed by atoms with Gasteiger partial charge in [0.15, 0.2) is 0 Å². The lowest BCUT2D eigenvalue weighted by Gasteiger charge is -2.30. The summed E-state index contributed by atoms with van der Waals surface area (Å²) in [6, 6.07) is 20.1. The predicted molar refractivity (Wildman–Crippen MR) is 155 cm³/mol. The lowest BCUT2D eigenvalue weighted by molar-refractivity contribution is -0.170. The number of fused-ring (bicyclic) bond motifs is 3. The second-order valence-electron chi connectivity index (χ2n) is 11.1. The van der Waals surface area contributed by atoms with E-state index in [0.717, 1.165) is 59.3 Å². The topological polar surface area (TPSA) is 95.9 Å². The minimum absolute atomic E-state index is 0.0162. The maximum absolute atomic E-state index is 13.4. The summed E-state index contributed by atoms with van der Waals surface area (Å²) in [5.74, 6) is -3.42. The van der Waals surface area contributed by atoms with E-state index in [1.807, 2.05) is 48.5 Å². The molecule has 0 bridgehead atoms. The minimum Gasteiger partial charge on any atom is -0.480 e. The van der Waals surface area contributed by atoms with Gasteiger partial charge >= 0.3 is 24.1 Å². The summed E-state index contributed by atoms with van der Waals surface area (Å²) in [6.45, 7) is -0.0102. The molecule has 2 aliphatic rings. The quantitative estimate of drug-likeness (QED) is 0.288. The fraction of sp³-hybridized carbons (Fsp3) is 0.364. The van der Waals surface area contributed by atoms with Crippen LogP contribution in [-0.4, -0.2) is 48.4 Å². The summed E-state index contributed by atoms with van der Waals surface area (Å²) in [5, 5.41) is 12.2. The van der Waals surface area contributed by atoms with Crippen LogP contribution in [0.3, 0.4) is 0 Å². The van der Waals surface area contributed by atoms with E-state index in [1.54, 1.807) is 0 Å². The highest BCUT2D eigenvalue weighted by molar-refractivity contribution is 5.97. The predicted octanol–water partition coefficient (Wildman–Crippen LogP) is 6.70. The van der Waals surface area contributed by atoms with E-state index in [2.05, 4.69) is 5.32 Å². The number of nitrogens with one attached hydrogen (secondary N) is 1. The van der Waals surface area contributed by atoms with Crippen molar-refractivity contribution in [2.24, 2.45) is 5.92 Å². The van der Waals surface area contributed by atoms with Crippen molar-refractivity contribution in [3.05, 3.63) is 89.5 Å². The number of rotatable bonds is 9. The summed E-state index contributed by atoms with van der Waals surface area (Å²) >= 11 is 0. The molecule has 0 unspecified atom stereocenters. The summed E-state index contributed by atoms with van der Waals surface area (Å²) in [6.07, 6.45) is -1.63. The number of amides is 2. The Labute approximate surface area is 247 Å². The number of anilines is 1. The molecule has 2 amide bonds. The Kier molecular flexibility index (Phi) is 9.03. The first-order chi connectivity index (χ1) is 20.6. The number of hydrogen-bond donors (Lipinski definition) is 2. The number of nitrogens with zero attached hydrogens (tertiary/aromatic N) is 1. The van der Waals surface area contributed by atoms with E-state index in [1.165, 1.54) is 24.3 Å². The Morgan fingerprint density at radius 1 is 0.884 bits per heavy atom. The number of benzene rings is 3. The third-order valence-electron chi connectivity index (χ3n) is 8.27. The molecule has 0 aromatic heterocycles. The van der Waals surface area contributed by atoms with Crippen molar-refractivity contribution in [1.82, 2.24) is 5.32 Å². The van der Waals surface area contributed by atoms with Gasteiger partial charge in [-0.2, -0.15) is 13.2 Å². The van der Waals surface area contributed by atoms with Crippen LogP contribution in [0.2, 0.25) is 0 Å². The molecular weight excluding hydrogens is 561 g/mol. The molecular formula is C33H33F3N2O5. The van der Waals surface area contributed by atoms with Crippen molar-refractivity contribution in [1.29, 1.82) is 0 Å². The molecule has 0 saturated heterocycles. The Morgan fingerprint density at radius 3 is 2.02 bits per heavy atom. The van der Waals surface area contributed by atoms with Crippen molar-refractivity contribution in [3.8, 4) is 11.1 Å². The maximum Gasteiger partial charge on any atom is 0.471 e. The first kappa shape index (κ1) is 30.1. The van der Waals surface area contributed by atoms with Gasteiger partial charge in [0.1, 0.15) is 12.6 Å². The Bertz CT molecular complexity index is 1420. The van der Waals surface area contributed by atoms with Gasteiger partial charge in [0.25, 0.3) is 0 Å². The third-order valence-corrected chi connectivity index (χ3v) is 8.27. The number of carboxylic acids is 1. The molecule has 1 fully saturated rings. The monoisotopic (exact) mass is 594 g/mol. The van der Waals surface area contributed by atoms with Crippen LogP contribution in [0.15, 0.2) is 72.8 Å². The number of carbonyl (C=O) groups excluding carboxylic acids is 2. The lowest BCUT2D eigenvalue weighted by Crippen LogP contribution is -2.44. The number of aliphatic carboxylic acids is 1. The molecule has 3 aromatic carbocycles. The zero-order valence-corrected chi connectivity index (χ0v) is 23.5. The zero-order chi connectivity index (χ0) is 30.6. The van der Waals surface area contributed by atoms with Gasteiger partial charge in [0.2, 0.25) is 0 Å². The van der Waals surface area contributed by atoms with Crippen molar-refractivity contribution in [2.75, 3.05) is 18.1 Å². The van der Waals surface area contributed by atoms with Gasteiger partial charge in [-0.3, -0.25) is 4.79 Å². The molecule has 2 aliphatic carbocycles. The number of alkyl halides is 3. The molecule has 0 spiro atoms. The van der Waals surface area contributed by atoms with E-state index in [9.17, 15) is 32.7 Å². The molecule has 5 rings (SSSR count). The Balaban J connectivity index is 1.22. The van der Waals surface area contributed by atoms with E-state index < -0.39 is 30.2 Å². The van der Waals surface area contributed by atoms with Crippen molar-refractivity contribution in [3.63, 3.8) is 0 Å². The minimum atomic E-state index is -5.02. The molecule has 226 valence electrons. The fourth-order valence-corrected chi connectivity index (χ4v) is 6.12. The maximum atomic E-state index is 13.4. The van der Waals surface area contributed by atoms with Crippen molar-refractivity contribution in [2.45, 2.75) is 56.7 Å². The van der Waals surface area contributed by atoms with Crippen LogP contribution in [0, 0.1) is 5.92 Å². The standard InChI is InChI=1S/C33H33F3N2O5/c34-33(35,36)31(41)38(19-22-8-2-1-3-9-22)23-16-14-21(15-17-23)18-29(30(39)40)37-32(42)43-20-28-26-12-6-4-10-24(26)25-11-5-7-13-27(25)28/h4-7,10-17,22,28-29H,1-3,8-9,18-20H2,(H,37,42)(H,39,40)/t29-/m0/s1. The van der Waals surface area contributed by atoms with Crippen LogP contribution < -0.4 is 10.2 Å². The second kappa shape index (κ2) is 12.9. The molecule has 0 heterocycles. The van der Waals surface area contributed by atoms with Gasteiger partial charge in [-0.15, -0.1) is 0 Å². The molecule has 1 saturated carbocycles. The highest BCUT2D eigenvalue weighted by Gasteiger charge is 2.43. The molecule has 7 nitrogen and oxygen atoms in total. The van der Waals surface area contributed by atoms with Gasteiger partial charge in [-0.05, 0) is 58.7 Å². The van der Waals surface area contributed by atoms with Gasteiger partial charge in [0, 0.05) is 24.6 Å². The van der Waals surface area contributed by atoms with Crippen LogP contribution in [0.4, 0.5) is 23.7 Å². The Morgan fingerprint density at radius 2 is 1.47 bits per heavy atom. The van der Waals surface area contributed by atoms with E-state index in [4.69, 9.17) is 4.74 Å². The van der Waals surface area contributed by atoms with Crippen LogP contribution in [0.1, 0.15) is 54.7 Å². The summed E-state index contributed by atoms with van der Waals surface area (Å²) in [4.78, 5) is 37.7. The first-order valence-corrected chi connectivity index (χ1v) is 14.4. The zero-order valence-electron chi connectivity index (χ0n) is 23.5. The second-order valence-corrected chi connectivity index (χ2v) is 11.1. The van der Waals surface area contributed by atoms with Crippen LogP contribution >= 0.6 is 0 Å². The van der Waals surface area contributed by atoms with E-state index in [0.29, 0.717) is 5.56 Å². The van der Waals surface area contributed by atoms with Crippen molar-refractivity contribution < 1.29 is 37.4 Å². The van der Waals surface area contributed by atoms with Crippen LogP contribution in [0.25, 0.3) is 11.1 Å². The summed E-state index contributed by atoms with van der Waals surface area (Å²) < 4.78 is 45.7. The average Bonchev–Trinajstić information content (AvgIpc) is 3.32. The number of carbonyl (C=O) groups is 3. The molecule has 2 N–H and O–H groups in total. The lowest BCUT2D eigenvalue weighted by atomic mass is 9.88.